The average Bonchev–Trinajstić information content (AvgIpc) is 2.66. The molecule has 4 rings (SSSR count). The molecular formula is C19H14N4O2Re. The van der Waals surface area contributed by atoms with E-state index >= 15 is 0 Å². The van der Waals surface area contributed by atoms with Crippen LogP contribution in [-0.2, 0) is 20.4 Å². The van der Waals surface area contributed by atoms with Gasteiger partial charge < -0.3 is 10.5 Å². The number of rotatable bonds is 3. The van der Waals surface area contributed by atoms with Crippen molar-refractivity contribution in [2.24, 2.45) is 0 Å². The van der Waals surface area contributed by atoms with E-state index in [1.165, 1.54) is 0 Å². The van der Waals surface area contributed by atoms with Gasteiger partial charge in [0, 0.05) is 37.7 Å². The Morgan fingerprint density at radius 3 is 2.31 bits per heavy atom. The second-order valence-corrected chi connectivity index (χ2v) is 5.50. The zero-order chi connectivity index (χ0) is 17.2. The van der Waals surface area contributed by atoms with Gasteiger partial charge in [0.1, 0.15) is 0 Å². The number of hydrogen-bond acceptors (Lipinski definition) is 5. The molecule has 0 bridgehead atoms. The number of nitrogens with one attached hydrogen (secondary N) is 1. The van der Waals surface area contributed by atoms with Gasteiger partial charge in [0.15, 0.2) is 5.65 Å². The van der Waals surface area contributed by atoms with Gasteiger partial charge in [-0.2, -0.15) is 4.98 Å². The summed E-state index contributed by atoms with van der Waals surface area (Å²) in [5.41, 5.74) is 1.56. The Hall–Kier alpha value is -3.01. The van der Waals surface area contributed by atoms with Crippen molar-refractivity contribution in [3.8, 4) is 11.1 Å². The first-order valence-electron chi connectivity index (χ1n) is 7.72. The van der Waals surface area contributed by atoms with E-state index in [2.05, 4.69) is 15.3 Å². The number of pyridine rings is 1. The Balaban J connectivity index is 0.00000196. The molecule has 0 aliphatic heterocycles. The first kappa shape index (κ1) is 17.8. The van der Waals surface area contributed by atoms with E-state index in [1.807, 2.05) is 60.7 Å². The predicted octanol–water partition coefficient (Wildman–Crippen LogP) is 3.44. The van der Waals surface area contributed by atoms with E-state index in [9.17, 15) is 10.0 Å². The van der Waals surface area contributed by atoms with Crippen LogP contribution in [0.4, 0.5) is 11.6 Å². The van der Waals surface area contributed by atoms with Crippen LogP contribution in [0.15, 0.2) is 77.7 Å². The molecule has 129 valence electrons. The van der Waals surface area contributed by atoms with Crippen molar-refractivity contribution in [3.63, 3.8) is 0 Å². The molecule has 4 aromatic rings. The number of fused-ring (bicyclic) bond motifs is 1. The van der Waals surface area contributed by atoms with Gasteiger partial charge in [0.2, 0.25) is 5.95 Å². The molecular weight excluding hydrogens is 502 g/mol. The topological polar surface area (TPSA) is 80.0 Å². The van der Waals surface area contributed by atoms with Crippen LogP contribution in [0.5, 0.6) is 0 Å². The van der Waals surface area contributed by atoms with Crippen molar-refractivity contribution in [1.29, 1.82) is 0 Å². The molecule has 26 heavy (non-hydrogen) atoms. The molecule has 0 saturated carbocycles. The standard InChI is InChI=1S/C19H14N4O2.Re/c24-18-16(13-7-3-1-4-8-13)11-14-12-20-19(22-17(14)23(18)25)21-15-9-5-2-6-10-15;/h1-12,25H,(H,20,21,22);. The van der Waals surface area contributed by atoms with Crippen LogP contribution in [0.3, 0.4) is 0 Å². The molecule has 0 aliphatic carbocycles. The largest absolute Gasteiger partial charge is 0.423 e. The minimum absolute atomic E-state index is 0. The summed E-state index contributed by atoms with van der Waals surface area (Å²) in [5, 5.41) is 13.9. The first-order chi connectivity index (χ1) is 12.2. The second kappa shape index (κ2) is 7.48. The quantitative estimate of drug-likeness (QED) is 0.408. The molecule has 7 heteroatoms. The number of anilines is 2. The Labute approximate surface area is 162 Å². The fourth-order valence-corrected chi connectivity index (χ4v) is 2.62. The zero-order valence-corrected chi connectivity index (χ0v) is 16.2. The number of para-hydroxylation sites is 1. The fourth-order valence-electron chi connectivity index (χ4n) is 2.62. The Kier molecular flexibility index (Phi) is 5.12. The fraction of sp³-hybridized carbons (Fsp3) is 0. The number of benzene rings is 2. The summed E-state index contributed by atoms with van der Waals surface area (Å²) in [4.78, 5) is 21.0. The Morgan fingerprint density at radius 2 is 1.62 bits per heavy atom. The van der Waals surface area contributed by atoms with Crippen molar-refractivity contribution in [2.45, 2.75) is 0 Å². The van der Waals surface area contributed by atoms with Crippen molar-refractivity contribution in [2.75, 3.05) is 5.32 Å². The smallest absolute Gasteiger partial charge is 0.292 e. The molecule has 0 aliphatic rings. The number of hydrogen-bond donors (Lipinski definition) is 2. The van der Waals surface area contributed by atoms with Gasteiger partial charge in [-0.25, -0.2) is 4.98 Å². The summed E-state index contributed by atoms with van der Waals surface area (Å²) < 4.78 is 0.565. The number of nitrogens with zero attached hydrogens (tertiary/aromatic N) is 3. The van der Waals surface area contributed by atoms with Gasteiger partial charge >= 0.3 is 0 Å². The van der Waals surface area contributed by atoms with Gasteiger partial charge in [0.25, 0.3) is 5.56 Å². The van der Waals surface area contributed by atoms with E-state index in [0.717, 1.165) is 11.3 Å². The van der Waals surface area contributed by atoms with E-state index < -0.39 is 5.56 Å². The van der Waals surface area contributed by atoms with Crippen LogP contribution in [0, 0.1) is 0 Å². The normalized spacial score (nSPS) is 10.3. The summed E-state index contributed by atoms with van der Waals surface area (Å²) in [5.74, 6) is 0.299. The van der Waals surface area contributed by atoms with Crippen LogP contribution in [0.25, 0.3) is 22.2 Å². The van der Waals surface area contributed by atoms with E-state index in [1.54, 1.807) is 12.3 Å². The summed E-state index contributed by atoms with van der Waals surface area (Å²) in [7, 11) is 0. The van der Waals surface area contributed by atoms with Crippen LogP contribution >= 0.6 is 0 Å². The zero-order valence-electron chi connectivity index (χ0n) is 13.5. The maximum atomic E-state index is 12.5. The van der Waals surface area contributed by atoms with E-state index in [0.29, 0.717) is 21.6 Å². The summed E-state index contributed by atoms with van der Waals surface area (Å²) in [6.45, 7) is 0. The van der Waals surface area contributed by atoms with Gasteiger partial charge in [-0.3, -0.25) is 4.79 Å². The van der Waals surface area contributed by atoms with Crippen molar-refractivity contribution >= 4 is 22.7 Å². The minimum Gasteiger partial charge on any atom is -0.423 e. The molecule has 2 aromatic heterocycles. The molecule has 0 atom stereocenters. The van der Waals surface area contributed by atoms with Gasteiger partial charge in [-0.05, 0) is 23.8 Å². The first-order valence-corrected chi connectivity index (χ1v) is 7.72. The molecule has 6 nitrogen and oxygen atoms in total. The van der Waals surface area contributed by atoms with Crippen molar-refractivity contribution in [3.05, 3.63) is 83.3 Å². The van der Waals surface area contributed by atoms with Crippen molar-refractivity contribution < 1.29 is 25.6 Å². The number of aromatic nitrogens is 3. The van der Waals surface area contributed by atoms with Crippen LogP contribution < -0.4 is 10.9 Å². The molecule has 0 fully saturated rings. The molecule has 1 radical (unpaired) electrons. The third-order valence-corrected chi connectivity index (χ3v) is 3.83. The average molecular weight is 517 g/mol. The van der Waals surface area contributed by atoms with Gasteiger partial charge in [-0.1, -0.05) is 48.5 Å². The Morgan fingerprint density at radius 1 is 0.962 bits per heavy atom. The minimum atomic E-state index is -0.525. The molecule has 2 N–H and O–H groups in total. The summed E-state index contributed by atoms with van der Waals surface area (Å²) in [6.07, 6.45) is 1.58. The SMILES string of the molecule is O=c1c(-c2ccccc2)cc2cnc(Nc3ccccc3)nc2n1O.[Re]. The van der Waals surface area contributed by atoms with Crippen LogP contribution in [0.2, 0.25) is 0 Å². The third kappa shape index (κ3) is 3.36. The Bertz CT molecular complexity index is 1100. The maximum absolute atomic E-state index is 12.5. The molecule has 0 spiro atoms. The van der Waals surface area contributed by atoms with Crippen molar-refractivity contribution in [1.82, 2.24) is 14.7 Å². The molecule has 2 aromatic carbocycles. The van der Waals surface area contributed by atoms with Gasteiger partial charge in [0.05, 0.1) is 5.56 Å². The molecule has 0 saturated heterocycles. The maximum Gasteiger partial charge on any atom is 0.292 e. The molecule has 0 unspecified atom stereocenters. The summed E-state index contributed by atoms with van der Waals surface area (Å²) >= 11 is 0. The molecule has 2 heterocycles. The predicted molar refractivity (Wildman–Crippen MR) is 96.1 cm³/mol. The van der Waals surface area contributed by atoms with E-state index in [4.69, 9.17) is 0 Å². The second-order valence-electron chi connectivity index (χ2n) is 5.50. The third-order valence-electron chi connectivity index (χ3n) is 3.83. The summed E-state index contributed by atoms with van der Waals surface area (Å²) in [6, 6.07) is 20.3. The van der Waals surface area contributed by atoms with Crippen LogP contribution in [-0.4, -0.2) is 19.9 Å². The monoisotopic (exact) mass is 517 g/mol. The van der Waals surface area contributed by atoms with Gasteiger partial charge in [-0.15, -0.1) is 4.73 Å². The van der Waals surface area contributed by atoms with Crippen LogP contribution in [0.1, 0.15) is 0 Å². The van der Waals surface area contributed by atoms with E-state index in [-0.39, 0.29) is 26.1 Å². The molecule has 0 amide bonds.